The SMILES string of the molecule is C=C(C(=N)OC)c1cc(NCCOCCCCN)c2cn[nH]c2c1. The number of H-pyrrole nitrogens is 1. The number of methoxy groups -OCH3 is 1. The molecule has 5 N–H and O–H groups in total. The van der Waals surface area contributed by atoms with Gasteiger partial charge >= 0.3 is 0 Å². The van der Waals surface area contributed by atoms with Crippen LogP contribution in [0.15, 0.2) is 24.9 Å². The van der Waals surface area contributed by atoms with E-state index in [1.165, 1.54) is 7.11 Å². The average molecular weight is 331 g/mol. The molecule has 1 aromatic carbocycles. The van der Waals surface area contributed by atoms with Gasteiger partial charge in [0, 0.05) is 29.8 Å². The quantitative estimate of drug-likeness (QED) is 0.303. The summed E-state index contributed by atoms with van der Waals surface area (Å²) in [6.07, 6.45) is 3.74. The summed E-state index contributed by atoms with van der Waals surface area (Å²) in [6, 6.07) is 3.86. The van der Waals surface area contributed by atoms with Gasteiger partial charge in [-0.2, -0.15) is 5.10 Å². The molecule has 0 saturated heterocycles. The topological polar surface area (TPSA) is 109 Å². The van der Waals surface area contributed by atoms with Gasteiger partial charge in [0.05, 0.1) is 25.4 Å². The molecule has 24 heavy (non-hydrogen) atoms. The fourth-order valence-electron chi connectivity index (χ4n) is 2.33. The third-order valence-electron chi connectivity index (χ3n) is 3.69. The number of anilines is 1. The van der Waals surface area contributed by atoms with Gasteiger partial charge < -0.3 is 20.5 Å². The highest BCUT2D eigenvalue weighted by atomic mass is 16.5. The number of hydrogen-bond acceptors (Lipinski definition) is 6. The number of nitrogens with two attached hydrogens (primary N) is 1. The molecule has 0 unspecified atom stereocenters. The number of aromatic amines is 1. The number of fused-ring (bicyclic) bond motifs is 1. The minimum absolute atomic E-state index is 0.0445. The van der Waals surface area contributed by atoms with Crippen LogP contribution in [0.2, 0.25) is 0 Å². The summed E-state index contributed by atoms with van der Waals surface area (Å²) >= 11 is 0. The Bertz CT molecular complexity index is 695. The number of nitrogens with one attached hydrogen (secondary N) is 3. The molecular formula is C17H25N5O2. The van der Waals surface area contributed by atoms with Crippen LogP contribution in [0.5, 0.6) is 0 Å². The van der Waals surface area contributed by atoms with Gasteiger partial charge in [0.25, 0.3) is 0 Å². The number of aromatic nitrogens is 2. The lowest BCUT2D eigenvalue weighted by Crippen LogP contribution is -2.11. The second kappa shape index (κ2) is 9.05. The van der Waals surface area contributed by atoms with Crippen molar-refractivity contribution in [1.82, 2.24) is 10.2 Å². The molecule has 0 radical (unpaired) electrons. The number of rotatable bonds is 10. The van der Waals surface area contributed by atoms with E-state index in [0.717, 1.165) is 41.6 Å². The van der Waals surface area contributed by atoms with Crippen LogP contribution in [0.25, 0.3) is 16.5 Å². The van der Waals surface area contributed by atoms with Crippen molar-refractivity contribution in [2.45, 2.75) is 12.8 Å². The predicted octanol–water partition coefficient (Wildman–Crippen LogP) is 2.37. The number of unbranched alkanes of at least 4 members (excludes halogenated alkanes) is 1. The molecule has 0 bridgehead atoms. The molecule has 0 saturated carbocycles. The summed E-state index contributed by atoms with van der Waals surface area (Å²) in [5.74, 6) is 0.0445. The molecule has 0 spiro atoms. The van der Waals surface area contributed by atoms with Crippen LogP contribution in [-0.4, -0.2) is 49.5 Å². The third-order valence-corrected chi connectivity index (χ3v) is 3.69. The van der Waals surface area contributed by atoms with E-state index < -0.39 is 0 Å². The van der Waals surface area contributed by atoms with Crippen molar-refractivity contribution in [3.05, 3.63) is 30.5 Å². The van der Waals surface area contributed by atoms with E-state index in [4.69, 9.17) is 20.6 Å². The van der Waals surface area contributed by atoms with E-state index in [9.17, 15) is 0 Å². The molecule has 0 aliphatic heterocycles. The first-order valence-corrected chi connectivity index (χ1v) is 7.98. The zero-order valence-corrected chi connectivity index (χ0v) is 14.0. The molecule has 7 heteroatoms. The van der Waals surface area contributed by atoms with Crippen LogP contribution in [0.3, 0.4) is 0 Å². The first-order chi connectivity index (χ1) is 11.7. The van der Waals surface area contributed by atoms with E-state index in [1.54, 1.807) is 6.20 Å². The maximum absolute atomic E-state index is 7.77. The van der Waals surface area contributed by atoms with Crippen molar-refractivity contribution in [2.75, 3.05) is 38.7 Å². The standard InChI is InChI=1S/C17H25N5O2/c1-12(17(19)23-2)13-9-15(14-11-21-22-16(14)10-13)20-6-8-24-7-4-3-5-18/h9-11,19-20H,1,3-8,18H2,2H3,(H,21,22). The Morgan fingerprint density at radius 2 is 2.21 bits per heavy atom. The summed E-state index contributed by atoms with van der Waals surface area (Å²) in [4.78, 5) is 0. The second-order valence-corrected chi connectivity index (χ2v) is 5.40. The lowest BCUT2D eigenvalue weighted by atomic mass is 10.0. The lowest BCUT2D eigenvalue weighted by Gasteiger charge is -2.12. The summed E-state index contributed by atoms with van der Waals surface area (Å²) in [7, 11) is 1.46. The Morgan fingerprint density at radius 1 is 1.38 bits per heavy atom. The van der Waals surface area contributed by atoms with Crippen LogP contribution < -0.4 is 11.1 Å². The second-order valence-electron chi connectivity index (χ2n) is 5.40. The summed E-state index contributed by atoms with van der Waals surface area (Å²) < 4.78 is 10.5. The molecule has 130 valence electrons. The van der Waals surface area contributed by atoms with Crippen molar-refractivity contribution in [3.63, 3.8) is 0 Å². The fourth-order valence-corrected chi connectivity index (χ4v) is 2.33. The molecule has 0 aliphatic carbocycles. The molecule has 1 aromatic heterocycles. The first-order valence-electron chi connectivity index (χ1n) is 7.98. The van der Waals surface area contributed by atoms with E-state index in [0.29, 0.717) is 25.3 Å². The zero-order chi connectivity index (χ0) is 17.4. The highest BCUT2D eigenvalue weighted by molar-refractivity contribution is 6.18. The number of nitrogens with zero attached hydrogens (tertiary/aromatic N) is 1. The predicted molar refractivity (Wildman–Crippen MR) is 97.5 cm³/mol. The summed E-state index contributed by atoms with van der Waals surface area (Å²) in [6.45, 7) is 6.64. The van der Waals surface area contributed by atoms with Gasteiger partial charge in [-0.15, -0.1) is 0 Å². The van der Waals surface area contributed by atoms with Crippen LogP contribution in [0.4, 0.5) is 5.69 Å². The zero-order valence-electron chi connectivity index (χ0n) is 14.0. The first kappa shape index (κ1) is 18.0. The summed E-state index contributed by atoms with van der Waals surface area (Å²) in [5.41, 5.74) is 8.59. The van der Waals surface area contributed by atoms with Crippen LogP contribution in [-0.2, 0) is 9.47 Å². The van der Waals surface area contributed by atoms with Gasteiger partial charge in [-0.1, -0.05) is 6.58 Å². The van der Waals surface area contributed by atoms with Crippen LogP contribution >= 0.6 is 0 Å². The molecule has 0 fully saturated rings. The van der Waals surface area contributed by atoms with Gasteiger partial charge in [0.1, 0.15) is 0 Å². The fraction of sp³-hybridized carbons (Fsp3) is 0.412. The number of hydrogen-bond donors (Lipinski definition) is 4. The number of benzene rings is 1. The van der Waals surface area contributed by atoms with Gasteiger partial charge in [0.15, 0.2) is 0 Å². The Balaban J connectivity index is 2.02. The van der Waals surface area contributed by atoms with Crippen molar-refractivity contribution in [3.8, 4) is 0 Å². The van der Waals surface area contributed by atoms with E-state index in [2.05, 4.69) is 22.1 Å². The molecule has 1 heterocycles. The largest absolute Gasteiger partial charge is 0.481 e. The minimum Gasteiger partial charge on any atom is -0.481 e. The molecule has 0 aliphatic rings. The number of ether oxygens (including phenoxy) is 2. The molecule has 0 amide bonds. The maximum Gasteiger partial charge on any atom is 0.212 e. The lowest BCUT2D eigenvalue weighted by molar-refractivity contribution is 0.140. The highest BCUT2D eigenvalue weighted by Gasteiger charge is 2.11. The maximum atomic E-state index is 7.77. The van der Waals surface area contributed by atoms with E-state index in [1.807, 2.05) is 12.1 Å². The van der Waals surface area contributed by atoms with E-state index in [-0.39, 0.29) is 5.90 Å². The minimum atomic E-state index is 0.0445. The van der Waals surface area contributed by atoms with Crippen LogP contribution in [0.1, 0.15) is 18.4 Å². The van der Waals surface area contributed by atoms with Crippen molar-refractivity contribution in [1.29, 1.82) is 5.41 Å². The molecule has 2 rings (SSSR count). The Hall–Kier alpha value is -2.38. The molecule has 2 aromatic rings. The average Bonchev–Trinajstić information content (AvgIpc) is 3.08. The van der Waals surface area contributed by atoms with E-state index >= 15 is 0 Å². The Morgan fingerprint density at radius 3 is 2.96 bits per heavy atom. The van der Waals surface area contributed by atoms with Crippen LogP contribution in [0, 0.1) is 5.41 Å². The molecule has 7 nitrogen and oxygen atoms in total. The van der Waals surface area contributed by atoms with Crippen molar-refractivity contribution < 1.29 is 9.47 Å². The van der Waals surface area contributed by atoms with Gasteiger partial charge in [-0.3, -0.25) is 10.5 Å². The summed E-state index contributed by atoms with van der Waals surface area (Å²) in [5, 5.41) is 19.1. The highest BCUT2D eigenvalue weighted by Crippen LogP contribution is 2.27. The molecular weight excluding hydrogens is 306 g/mol. The normalized spacial score (nSPS) is 10.8. The van der Waals surface area contributed by atoms with Crippen molar-refractivity contribution >= 4 is 28.1 Å². The van der Waals surface area contributed by atoms with Gasteiger partial charge in [-0.05, 0) is 37.1 Å². The monoisotopic (exact) mass is 331 g/mol. The Labute approximate surface area is 141 Å². The van der Waals surface area contributed by atoms with Gasteiger partial charge in [0.2, 0.25) is 5.90 Å². The third kappa shape index (κ3) is 4.56. The Kier molecular flexibility index (Phi) is 6.77. The smallest absolute Gasteiger partial charge is 0.212 e. The molecule has 0 atom stereocenters. The van der Waals surface area contributed by atoms with Gasteiger partial charge in [-0.25, -0.2) is 0 Å². The van der Waals surface area contributed by atoms with Crippen molar-refractivity contribution in [2.24, 2.45) is 5.73 Å².